The van der Waals surface area contributed by atoms with E-state index in [2.05, 4.69) is 26.0 Å². The third kappa shape index (κ3) is 3.17. The zero-order chi connectivity index (χ0) is 14.0. The molecular weight excluding hydrogens is 336 g/mol. The fourth-order valence-corrected chi connectivity index (χ4v) is 2.74. The van der Waals surface area contributed by atoms with Gasteiger partial charge in [0.25, 0.3) is 0 Å². The Morgan fingerprint density at radius 3 is 3.00 bits per heavy atom. The summed E-state index contributed by atoms with van der Waals surface area (Å²) in [7, 11) is 1.62. The highest BCUT2D eigenvalue weighted by atomic mass is 79.9. The predicted octanol–water partition coefficient (Wildman–Crippen LogP) is 2.77. The molecule has 0 aromatic carbocycles. The van der Waals surface area contributed by atoms with Crippen molar-refractivity contribution < 1.29 is 9.66 Å². The monoisotopic (exact) mass is 346 g/mol. The van der Waals surface area contributed by atoms with Gasteiger partial charge >= 0.3 is 5.82 Å². The van der Waals surface area contributed by atoms with Gasteiger partial charge in [-0.25, -0.2) is 4.98 Å². The van der Waals surface area contributed by atoms with Gasteiger partial charge in [-0.15, -0.1) is 11.3 Å². The number of methoxy groups -OCH3 is 1. The second-order valence-corrected chi connectivity index (χ2v) is 5.55. The average molecular weight is 347 g/mol. The van der Waals surface area contributed by atoms with Crippen LogP contribution in [0.4, 0.5) is 5.82 Å². The summed E-state index contributed by atoms with van der Waals surface area (Å²) in [6.07, 6.45) is 1.51. The molecule has 0 unspecified atom stereocenters. The minimum absolute atomic E-state index is 0.0579. The van der Waals surface area contributed by atoms with Crippen molar-refractivity contribution in [2.75, 3.05) is 7.11 Å². The lowest BCUT2D eigenvalue weighted by atomic mass is 10.4. The first-order valence-electron chi connectivity index (χ1n) is 5.35. The molecule has 1 atom stereocenters. The molecule has 2 aromatic rings. The molecular formula is C10H11BrN4O3S. The molecule has 0 aliphatic carbocycles. The maximum absolute atomic E-state index is 10.7. The summed E-state index contributed by atoms with van der Waals surface area (Å²) < 4.78 is 7.03. The molecule has 0 amide bonds. The van der Waals surface area contributed by atoms with Gasteiger partial charge in [0.05, 0.1) is 17.0 Å². The molecule has 0 aliphatic rings. The van der Waals surface area contributed by atoms with Gasteiger partial charge in [-0.2, -0.15) is 4.68 Å². The van der Waals surface area contributed by atoms with Crippen molar-refractivity contribution in [2.24, 2.45) is 0 Å². The fraction of sp³-hybridized carbons (Fsp3) is 0.400. The van der Waals surface area contributed by atoms with Crippen LogP contribution in [0.2, 0.25) is 0 Å². The fourth-order valence-electron chi connectivity index (χ4n) is 1.44. The molecule has 0 aliphatic heterocycles. The summed E-state index contributed by atoms with van der Waals surface area (Å²) in [5.41, 5.74) is 0.800. The van der Waals surface area contributed by atoms with Crippen molar-refractivity contribution in [2.45, 2.75) is 19.6 Å². The SMILES string of the molecule is CO[C@@H](C)c1nc(Cn2cc(Br)c([N+](=O)[O-])n2)cs1. The maximum Gasteiger partial charge on any atom is 0.404 e. The van der Waals surface area contributed by atoms with Crippen LogP contribution in [0.3, 0.4) is 0 Å². The summed E-state index contributed by atoms with van der Waals surface area (Å²) in [6, 6.07) is 0. The number of hydrogen-bond donors (Lipinski definition) is 0. The van der Waals surface area contributed by atoms with Crippen molar-refractivity contribution in [3.05, 3.63) is 36.9 Å². The van der Waals surface area contributed by atoms with Crippen molar-refractivity contribution in [3.63, 3.8) is 0 Å². The number of aromatic nitrogens is 3. The Bertz CT molecular complexity index is 597. The molecule has 7 nitrogen and oxygen atoms in total. The predicted molar refractivity (Wildman–Crippen MR) is 73.2 cm³/mol. The molecule has 2 rings (SSSR count). The first-order chi connectivity index (χ1) is 9.01. The number of nitro groups is 1. The zero-order valence-corrected chi connectivity index (χ0v) is 12.6. The van der Waals surface area contributed by atoms with Crippen molar-refractivity contribution in [1.82, 2.24) is 14.8 Å². The van der Waals surface area contributed by atoms with Gasteiger partial charge in [-0.3, -0.25) is 0 Å². The van der Waals surface area contributed by atoms with Gasteiger partial charge in [0.15, 0.2) is 0 Å². The number of halogens is 1. The van der Waals surface area contributed by atoms with E-state index in [9.17, 15) is 10.1 Å². The Hall–Kier alpha value is -1.32. The summed E-state index contributed by atoms with van der Waals surface area (Å²) in [4.78, 5) is 14.6. The van der Waals surface area contributed by atoms with Gasteiger partial charge in [0.1, 0.15) is 22.1 Å². The normalized spacial score (nSPS) is 12.6. The van der Waals surface area contributed by atoms with Gasteiger partial charge in [-0.05, 0) is 27.8 Å². The third-order valence-corrected chi connectivity index (χ3v) is 4.08. The van der Waals surface area contributed by atoms with Crippen LogP contribution in [0.1, 0.15) is 23.7 Å². The van der Waals surface area contributed by atoms with Crippen molar-refractivity contribution >= 4 is 33.1 Å². The molecule has 0 saturated heterocycles. The lowest BCUT2D eigenvalue weighted by Gasteiger charge is -2.03. The molecule has 2 heterocycles. The number of rotatable bonds is 5. The molecule has 2 aromatic heterocycles. The lowest BCUT2D eigenvalue weighted by Crippen LogP contribution is -2.02. The smallest absolute Gasteiger partial charge is 0.375 e. The van der Waals surface area contributed by atoms with Crippen LogP contribution < -0.4 is 0 Å². The van der Waals surface area contributed by atoms with Gasteiger partial charge < -0.3 is 14.9 Å². The van der Waals surface area contributed by atoms with Gasteiger partial charge in [-0.1, -0.05) is 0 Å². The Labute approximate surface area is 121 Å². The molecule has 0 fully saturated rings. The first kappa shape index (κ1) is 14.1. The third-order valence-electron chi connectivity index (χ3n) is 2.47. The van der Waals surface area contributed by atoms with Gasteiger partial charge in [0, 0.05) is 12.5 Å². The summed E-state index contributed by atoms with van der Waals surface area (Å²) >= 11 is 4.60. The van der Waals surface area contributed by atoms with Crippen molar-refractivity contribution in [1.29, 1.82) is 0 Å². The lowest BCUT2D eigenvalue weighted by molar-refractivity contribution is -0.390. The molecule has 102 valence electrons. The topological polar surface area (TPSA) is 83.1 Å². The highest BCUT2D eigenvalue weighted by molar-refractivity contribution is 9.10. The van der Waals surface area contributed by atoms with Crippen LogP contribution >= 0.6 is 27.3 Å². The molecule has 9 heteroatoms. The molecule has 0 bridgehead atoms. The minimum Gasteiger partial charge on any atom is -0.375 e. The molecule has 0 radical (unpaired) electrons. The van der Waals surface area contributed by atoms with Crippen LogP contribution in [-0.4, -0.2) is 26.8 Å². The van der Waals surface area contributed by atoms with E-state index in [-0.39, 0.29) is 11.9 Å². The Morgan fingerprint density at radius 2 is 2.42 bits per heavy atom. The van der Waals surface area contributed by atoms with E-state index in [1.807, 2.05) is 12.3 Å². The summed E-state index contributed by atoms with van der Waals surface area (Å²) in [6.45, 7) is 2.30. The number of ether oxygens (including phenoxy) is 1. The molecule has 0 N–H and O–H groups in total. The van der Waals surface area contributed by atoms with E-state index < -0.39 is 4.92 Å². The highest BCUT2D eigenvalue weighted by Gasteiger charge is 2.19. The van der Waals surface area contributed by atoms with E-state index in [0.29, 0.717) is 11.0 Å². The quantitative estimate of drug-likeness (QED) is 0.613. The van der Waals surface area contributed by atoms with Gasteiger partial charge in [0.2, 0.25) is 0 Å². The minimum atomic E-state index is -0.528. The second kappa shape index (κ2) is 5.76. The van der Waals surface area contributed by atoms with Crippen LogP contribution in [0.25, 0.3) is 0 Å². The first-order valence-corrected chi connectivity index (χ1v) is 7.03. The largest absolute Gasteiger partial charge is 0.404 e. The second-order valence-electron chi connectivity index (χ2n) is 3.81. The number of thiazole rings is 1. The van der Waals surface area contributed by atoms with E-state index in [1.54, 1.807) is 13.3 Å². The van der Waals surface area contributed by atoms with Crippen molar-refractivity contribution in [3.8, 4) is 0 Å². The molecule has 19 heavy (non-hydrogen) atoms. The number of nitrogens with zero attached hydrogens (tertiary/aromatic N) is 4. The molecule has 0 spiro atoms. The summed E-state index contributed by atoms with van der Waals surface area (Å²) in [5.74, 6) is -0.194. The standard InChI is InChI=1S/C10H11BrN4O3S/c1-6(18-2)10-12-7(5-19-10)3-14-4-8(11)9(13-14)15(16)17/h4-6H,3H2,1-2H3/t6-/m0/s1. The maximum atomic E-state index is 10.7. The van der Waals surface area contributed by atoms with E-state index in [0.717, 1.165) is 10.7 Å². The highest BCUT2D eigenvalue weighted by Crippen LogP contribution is 2.24. The van der Waals surface area contributed by atoms with E-state index in [1.165, 1.54) is 16.0 Å². The van der Waals surface area contributed by atoms with Crippen LogP contribution in [0.15, 0.2) is 16.0 Å². The van der Waals surface area contributed by atoms with E-state index in [4.69, 9.17) is 4.74 Å². The number of hydrogen-bond acceptors (Lipinski definition) is 6. The molecule has 0 saturated carbocycles. The summed E-state index contributed by atoms with van der Waals surface area (Å²) in [5, 5.41) is 17.3. The average Bonchev–Trinajstić information content (AvgIpc) is 2.95. The van der Waals surface area contributed by atoms with Crippen LogP contribution in [-0.2, 0) is 11.3 Å². The van der Waals surface area contributed by atoms with Crippen LogP contribution in [0.5, 0.6) is 0 Å². The van der Waals surface area contributed by atoms with E-state index >= 15 is 0 Å². The Morgan fingerprint density at radius 1 is 1.68 bits per heavy atom. The Kier molecular flexibility index (Phi) is 4.27. The Balaban J connectivity index is 2.15. The van der Waals surface area contributed by atoms with Crippen LogP contribution in [0, 0.1) is 10.1 Å². The zero-order valence-electron chi connectivity index (χ0n) is 10.2.